The van der Waals surface area contributed by atoms with Gasteiger partial charge in [0.1, 0.15) is 115 Å². The summed E-state index contributed by atoms with van der Waals surface area (Å²) in [4.78, 5) is 28.6. The van der Waals surface area contributed by atoms with Crippen molar-refractivity contribution in [1.82, 2.24) is 0 Å². The normalized spacial score (nSPS) is 51.7. The number of ether oxygens (including phenoxy) is 12. The van der Waals surface area contributed by atoms with Crippen molar-refractivity contribution in [2.45, 2.75) is 259 Å². The zero-order valence-electron chi connectivity index (χ0n) is 53.4. The fourth-order valence-corrected chi connectivity index (χ4v) is 19.6. The Morgan fingerprint density at radius 2 is 1.29 bits per heavy atom. The predicted molar refractivity (Wildman–Crippen MR) is 307 cm³/mol. The molecular formula is C59H92O33S2. The lowest BCUT2D eigenvalue weighted by Crippen LogP contribution is -2.68. The lowest BCUT2D eigenvalue weighted by molar-refractivity contribution is -0.403. The molecule has 0 aromatic rings. The van der Waals surface area contributed by atoms with Gasteiger partial charge in [-0.15, -0.1) is 0 Å². The number of hydrogen-bond acceptors (Lipinski definition) is 31. The molecule has 0 aromatic carbocycles. The van der Waals surface area contributed by atoms with Crippen molar-refractivity contribution < 1.29 is 157 Å². The van der Waals surface area contributed by atoms with E-state index in [1.807, 2.05) is 27.7 Å². The number of ketones is 1. The smallest absolute Gasteiger partial charge is 0.397 e. The fraction of sp³-hybridized carbons (Fsp3) is 0.932. The molecule has 33 atom stereocenters. The molecule has 4 saturated carbocycles. The standard InChI is InChI=1S/C59H92O33S2/c1-22(2)33(62)26-16-57(8,72)52-58-15-12-24-25(56(58,7)21-59(26,52)91-53(58)71)10-11-31-54(4,5)32(13-14-55(24,31)6)86-50-45(37(66)30(19-81-50)92-94(76,77)78)90-51-46(89-47-38(67)34(63)27(61)18-80-47)39(68)42(23(3)83-51)87-49-41(70)44(35(64)28(17-60)84-49)88-48-40(69)43(79-9)36(65)29(85-48)20-82-93(73,74)75/h10,22-24,26-32,34-52,60-61,63-70,72H,11-21H2,1-9H3,(H,73,74,75)(H,76,77,78). The largest absolute Gasteiger partial charge is 0.457 e. The van der Waals surface area contributed by atoms with Gasteiger partial charge in [0, 0.05) is 24.4 Å². The first-order valence-corrected chi connectivity index (χ1v) is 34.7. The third-order valence-electron chi connectivity index (χ3n) is 23.1. The molecule has 35 heteroatoms. The fourth-order valence-electron chi connectivity index (χ4n) is 18.8. The van der Waals surface area contributed by atoms with E-state index >= 15 is 0 Å². The Kier molecular flexibility index (Phi) is 20.2. The summed E-state index contributed by atoms with van der Waals surface area (Å²) in [5, 5.41) is 125. The number of methoxy groups -OCH3 is 1. The average molecular weight is 1390 g/mol. The van der Waals surface area contributed by atoms with Gasteiger partial charge in [-0.1, -0.05) is 53.2 Å². The predicted octanol–water partition coefficient (Wildman–Crippen LogP) is -3.43. The lowest BCUT2D eigenvalue weighted by Gasteiger charge is -2.64. The van der Waals surface area contributed by atoms with Crippen molar-refractivity contribution in [1.29, 1.82) is 0 Å². The number of carbonyl (C=O) groups is 2. The van der Waals surface area contributed by atoms with Crippen molar-refractivity contribution in [2.24, 2.45) is 51.2 Å². The number of aliphatic hydroxyl groups is 11. The molecule has 1 spiro atoms. The highest BCUT2D eigenvalue weighted by molar-refractivity contribution is 7.81. The second kappa shape index (κ2) is 26.0. The minimum Gasteiger partial charge on any atom is -0.457 e. The highest BCUT2D eigenvalue weighted by Gasteiger charge is 2.88. The van der Waals surface area contributed by atoms with E-state index in [0.717, 1.165) is 12.7 Å². The van der Waals surface area contributed by atoms with Crippen LogP contribution in [0.25, 0.3) is 0 Å². The van der Waals surface area contributed by atoms with Crippen LogP contribution in [-0.2, 0) is 95.6 Å². The molecule has 33 unspecified atom stereocenters. The second-order valence-electron chi connectivity index (χ2n) is 29.2. The number of esters is 1. The third-order valence-corrected chi connectivity index (χ3v) is 24.0. The van der Waals surface area contributed by atoms with E-state index in [9.17, 15) is 91.7 Å². The molecule has 6 aliphatic heterocycles. The molecule has 0 radical (unpaired) electrons. The van der Waals surface area contributed by atoms with Crippen LogP contribution in [0, 0.1) is 51.2 Å². The number of Topliss-reactive ketones (excluding diaryl/α,β-unsaturated/α-hetero) is 1. The van der Waals surface area contributed by atoms with Gasteiger partial charge in [-0.2, -0.15) is 16.8 Å². The SMILES string of the molecule is COC1C(O)C(COS(=O)(=O)O)OC(OC2C(O)C(CO)OC(OC3C(C)OC(OC4C(OC5CCC6(C)C7CCC89C(=O)OC%10(CC8(C)C7=CCC6C5(C)C)C(C(=O)C(C)C)CC(C)(O)C%109)OCC(OS(=O)(=O)O)C4O)C(OC4OCC(O)C(O)C4O)C3O)C2O)C1O. The zero-order chi connectivity index (χ0) is 68.9. The maximum Gasteiger partial charge on any atom is 0.397 e. The van der Waals surface area contributed by atoms with Crippen LogP contribution in [0.1, 0.15) is 100 Å². The van der Waals surface area contributed by atoms with Crippen molar-refractivity contribution in [3.8, 4) is 0 Å². The summed E-state index contributed by atoms with van der Waals surface area (Å²) in [5.41, 5.74) is -4.41. The first-order chi connectivity index (χ1) is 43.7. The first kappa shape index (κ1) is 73.0. The summed E-state index contributed by atoms with van der Waals surface area (Å²) in [6.07, 6.45) is -38.8. The lowest BCUT2D eigenvalue weighted by atomic mass is 9.40. The Morgan fingerprint density at radius 1 is 0.681 bits per heavy atom. The quantitative estimate of drug-likeness (QED) is 0.0340. The molecule has 6 heterocycles. The van der Waals surface area contributed by atoms with E-state index in [1.54, 1.807) is 6.92 Å². The van der Waals surface area contributed by atoms with Gasteiger partial charge in [0.15, 0.2) is 31.5 Å². The molecule has 11 rings (SSSR count). The third kappa shape index (κ3) is 12.2. The van der Waals surface area contributed by atoms with Crippen LogP contribution in [0.2, 0.25) is 0 Å². The van der Waals surface area contributed by atoms with E-state index < -0.39 is 239 Å². The topological polar surface area (TPSA) is 495 Å². The van der Waals surface area contributed by atoms with E-state index in [-0.39, 0.29) is 35.9 Å². The van der Waals surface area contributed by atoms with Crippen LogP contribution in [-0.4, -0.2) is 286 Å². The summed E-state index contributed by atoms with van der Waals surface area (Å²) >= 11 is 0. The minimum absolute atomic E-state index is 0.0490. The molecule has 33 nitrogen and oxygen atoms in total. The summed E-state index contributed by atoms with van der Waals surface area (Å²) in [6.45, 7) is 11.7. The Hall–Kier alpha value is -2.26. The number of aliphatic hydroxyl groups excluding tert-OH is 10. The molecule has 10 fully saturated rings. The Balaban J connectivity index is 0.855. The maximum absolute atomic E-state index is 14.6. The van der Waals surface area contributed by atoms with Crippen LogP contribution in [0.4, 0.5) is 0 Å². The summed E-state index contributed by atoms with van der Waals surface area (Å²) in [5.74, 6) is -2.23. The maximum atomic E-state index is 14.6. The van der Waals surface area contributed by atoms with Crippen molar-refractivity contribution in [3.05, 3.63) is 11.6 Å². The van der Waals surface area contributed by atoms with E-state index in [4.69, 9.17) is 61.0 Å². The number of allylic oxidation sites excluding steroid dienone is 2. The Bertz CT molecular complexity index is 3050. The highest BCUT2D eigenvalue weighted by atomic mass is 32.3. The van der Waals surface area contributed by atoms with Gasteiger partial charge in [0.25, 0.3) is 0 Å². The van der Waals surface area contributed by atoms with Crippen LogP contribution in [0.15, 0.2) is 11.6 Å². The van der Waals surface area contributed by atoms with E-state index in [2.05, 4.69) is 24.1 Å². The molecule has 5 aliphatic carbocycles. The van der Waals surface area contributed by atoms with Crippen molar-refractivity contribution in [3.63, 3.8) is 0 Å². The summed E-state index contributed by atoms with van der Waals surface area (Å²) in [7, 11) is -9.36. The minimum atomic E-state index is -5.31. The molecule has 13 N–H and O–H groups in total. The molecule has 11 aliphatic rings. The summed E-state index contributed by atoms with van der Waals surface area (Å²) in [6, 6.07) is 0. The summed E-state index contributed by atoms with van der Waals surface area (Å²) < 4.78 is 148. The van der Waals surface area contributed by atoms with Crippen LogP contribution in [0.5, 0.6) is 0 Å². The molecule has 0 aromatic heterocycles. The Labute approximate surface area is 542 Å². The van der Waals surface area contributed by atoms with Gasteiger partial charge in [0.2, 0.25) is 0 Å². The molecular weight excluding hydrogens is 1300 g/mol. The number of fused-ring (bicyclic) bond motifs is 4. The van der Waals surface area contributed by atoms with Crippen LogP contribution < -0.4 is 0 Å². The zero-order valence-corrected chi connectivity index (χ0v) is 55.0. The second-order valence-corrected chi connectivity index (χ2v) is 31.3. The Morgan fingerprint density at radius 3 is 1.93 bits per heavy atom. The van der Waals surface area contributed by atoms with Gasteiger partial charge in [-0.25, -0.2) is 8.37 Å². The monoisotopic (exact) mass is 1390 g/mol. The average Bonchev–Trinajstić information content (AvgIpc) is 1.45. The van der Waals surface area contributed by atoms with Crippen LogP contribution in [0.3, 0.4) is 0 Å². The van der Waals surface area contributed by atoms with Crippen molar-refractivity contribution >= 4 is 32.6 Å². The molecule has 6 saturated heterocycles. The van der Waals surface area contributed by atoms with Gasteiger partial charge in [0.05, 0.1) is 55.6 Å². The molecule has 0 amide bonds. The first-order valence-electron chi connectivity index (χ1n) is 31.9. The van der Waals surface area contributed by atoms with Gasteiger partial charge in [-0.3, -0.25) is 18.7 Å². The number of hydrogen-bond donors (Lipinski definition) is 13. The molecule has 94 heavy (non-hydrogen) atoms. The number of carbonyl (C=O) groups excluding carboxylic acids is 2. The van der Waals surface area contributed by atoms with Crippen LogP contribution >= 0.6 is 0 Å². The van der Waals surface area contributed by atoms with Gasteiger partial charge in [-0.05, 0) is 81.5 Å². The highest BCUT2D eigenvalue weighted by Crippen LogP contribution is 2.82. The van der Waals surface area contributed by atoms with E-state index in [0.29, 0.717) is 38.5 Å². The number of rotatable bonds is 19. The van der Waals surface area contributed by atoms with Gasteiger partial charge < -0.3 is 113 Å². The molecule has 538 valence electrons. The van der Waals surface area contributed by atoms with Crippen molar-refractivity contribution in [2.75, 3.05) is 33.5 Å². The molecule has 2 bridgehead atoms. The van der Waals surface area contributed by atoms with Gasteiger partial charge >= 0.3 is 26.8 Å². The van der Waals surface area contributed by atoms with E-state index in [1.165, 1.54) is 6.92 Å².